The number of carboxylic acids is 1. The van der Waals surface area contributed by atoms with Gasteiger partial charge in [0.2, 0.25) is 0 Å². The van der Waals surface area contributed by atoms with Gasteiger partial charge < -0.3 is 10.4 Å². The fourth-order valence-corrected chi connectivity index (χ4v) is 2.26. The van der Waals surface area contributed by atoms with Gasteiger partial charge in [0.15, 0.2) is 0 Å². The van der Waals surface area contributed by atoms with Crippen LogP contribution in [0.4, 0.5) is 0 Å². The minimum atomic E-state index is -0.851. The molecule has 0 saturated carbocycles. The zero-order chi connectivity index (χ0) is 14.8. The molecule has 0 aromatic heterocycles. The number of unbranched alkanes of at least 4 members (excludes halogenated alkanes) is 3. The maximum absolute atomic E-state index is 11.1. The van der Waals surface area contributed by atoms with Gasteiger partial charge in [-0.1, -0.05) is 57.7 Å². The molecule has 0 bridgehead atoms. The summed E-state index contributed by atoms with van der Waals surface area (Å²) in [7, 11) is 0. The molecule has 0 spiro atoms. The van der Waals surface area contributed by atoms with Crippen LogP contribution in [0.3, 0.4) is 0 Å². The van der Waals surface area contributed by atoms with Gasteiger partial charge in [0.05, 0.1) is 5.56 Å². The third-order valence-electron chi connectivity index (χ3n) is 3.45. The van der Waals surface area contributed by atoms with E-state index in [9.17, 15) is 4.79 Å². The number of benzene rings is 1. The van der Waals surface area contributed by atoms with Gasteiger partial charge in [-0.15, -0.1) is 0 Å². The third kappa shape index (κ3) is 6.71. The largest absolute Gasteiger partial charge is 0.478 e. The highest BCUT2D eigenvalue weighted by molar-refractivity contribution is 5.89. The number of rotatable bonds is 10. The fraction of sp³-hybridized carbons (Fsp3) is 0.588. The SMILES string of the molecule is CC(C)CCCCCCNCc1ccccc1C(=O)O. The highest BCUT2D eigenvalue weighted by atomic mass is 16.4. The van der Waals surface area contributed by atoms with Crippen LogP contribution in [-0.2, 0) is 6.54 Å². The highest BCUT2D eigenvalue weighted by Gasteiger charge is 2.07. The summed E-state index contributed by atoms with van der Waals surface area (Å²) < 4.78 is 0. The number of carboxylic acid groups (broad SMARTS) is 1. The van der Waals surface area contributed by atoms with Crippen LogP contribution < -0.4 is 5.32 Å². The van der Waals surface area contributed by atoms with Gasteiger partial charge in [-0.05, 0) is 30.5 Å². The van der Waals surface area contributed by atoms with Crippen molar-refractivity contribution < 1.29 is 9.90 Å². The van der Waals surface area contributed by atoms with Gasteiger partial charge in [0, 0.05) is 6.54 Å². The summed E-state index contributed by atoms with van der Waals surface area (Å²) in [6.45, 7) is 6.12. The van der Waals surface area contributed by atoms with Crippen molar-refractivity contribution in [2.24, 2.45) is 5.92 Å². The van der Waals surface area contributed by atoms with E-state index in [2.05, 4.69) is 19.2 Å². The van der Waals surface area contributed by atoms with Crippen LogP contribution in [0.1, 0.15) is 61.9 Å². The van der Waals surface area contributed by atoms with Crippen molar-refractivity contribution in [2.75, 3.05) is 6.54 Å². The molecule has 0 atom stereocenters. The average molecular weight is 277 g/mol. The standard InChI is InChI=1S/C17H27NO2/c1-14(2)9-5-3-4-8-12-18-13-15-10-6-7-11-16(15)17(19)20/h6-7,10-11,14,18H,3-5,8-9,12-13H2,1-2H3,(H,19,20). The Kier molecular flexibility index (Phi) is 7.97. The number of hydrogen-bond donors (Lipinski definition) is 2. The quantitative estimate of drug-likeness (QED) is 0.633. The summed E-state index contributed by atoms with van der Waals surface area (Å²) in [4.78, 5) is 11.1. The normalized spacial score (nSPS) is 10.9. The van der Waals surface area contributed by atoms with Crippen molar-refractivity contribution in [3.05, 3.63) is 35.4 Å². The molecule has 0 fully saturated rings. The Hall–Kier alpha value is -1.35. The second kappa shape index (κ2) is 9.54. The second-order valence-electron chi connectivity index (χ2n) is 5.74. The molecule has 112 valence electrons. The van der Waals surface area contributed by atoms with Gasteiger partial charge >= 0.3 is 5.97 Å². The molecule has 0 radical (unpaired) electrons. The fourth-order valence-electron chi connectivity index (χ4n) is 2.26. The number of nitrogens with one attached hydrogen (secondary N) is 1. The minimum Gasteiger partial charge on any atom is -0.478 e. The molecule has 2 N–H and O–H groups in total. The topological polar surface area (TPSA) is 49.3 Å². The molecule has 0 aliphatic heterocycles. The molecule has 0 heterocycles. The number of carbonyl (C=O) groups is 1. The van der Waals surface area contributed by atoms with Crippen LogP contribution in [0.25, 0.3) is 0 Å². The van der Waals surface area contributed by atoms with E-state index < -0.39 is 5.97 Å². The molecule has 0 amide bonds. The van der Waals surface area contributed by atoms with E-state index in [1.54, 1.807) is 12.1 Å². The first kappa shape index (κ1) is 16.7. The zero-order valence-electron chi connectivity index (χ0n) is 12.7. The average Bonchev–Trinajstić information content (AvgIpc) is 2.41. The van der Waals surface area contributed by atoms with Gasteiger partial charge in [-0.25, -0.2) is 4.79 Å². The maximum atomic E-state index is 11.1. The zero-order valence-corrected chi connectivity index (χ0v) is 12.7. The lowest BCUT2D eigenvalue weighted by atomic mass is 10.0. The molecule has 0 aliphatic rings. The molecule has 0 unspecified atom stereocenters. The molecule has 0 saturated heterocycles. The van der Waals surface area contributed by atoms with E-state index in [0.29, 0.717) is 12.1 Å². The molecule has 1 aromatic rings. The smallest absolute Gasteiger partial charge is 0.336 e. The van der Waals surface area contributed by atoms with Crippen LogP contribution in [0.5, 0.6) is 0 Å². The van der Waals surface area contributed by atoms with E-state index in [-0.39, 0.29) is 0 Å². The lowest BCUT2D eigenvalue weighted by Gasteiger charge is -2.08. The predicted octanol–water partition coefficient (Wildman–Crippen LogP) is 4.08. The molecular formula is C17H27NO2. The summed E-state index contributed by atoms with van der Waals surface area (Å²) in [5.41, 5.74) is 1.26. The van der Waals surface area contributed by atoms with Crippen LogP contribution in [0.2, 0.25) is 0 Å². The second-order valence-corrected chi connectivity index (χ2v) is 5.74. The monoisotopic (exact) mass is 277 g/mol. The van der Waals surface area contributed by atoms with Crippen LogP contribution in [0, 0.1) is 5.92 Å². The molecule has 3 nitrogen and oxygen atoms in total. The molecule has 3 heteroatoms. The number of aromatic carboxylic acids is 1. The van der Waals surface area contributed by atoms with Crippen LogP contribution in [-0.4, -0.2) is 17.6 Å². The Labute approximate surface area is 122 Å². The first-order chi connectivity index (χ1) is 9.61. The van der Waals surface area contributed by atoms with Gasteiger partial charge in [0.25, 0.3) is 0 Å². The molecule has 1 rings (SSSR count). The Morgan fingerprint density at radius 1 is 1.15 bits per heavy atom. The van der Waals surface area contributed by atoms with Gasteiger partial charge in [-0.2, -0.15) is 0 Å². The van der Waals surface area contributed by atoms with Crippen molar-refractivity contribution in [1.29, 1.82) is 0 Å². The van der Waals surface area contributed by atoms with Gasteiger partial charge in [-0.3, -0.25) is 0 Å². The lowest BCUT2D eigenvalue weighted by molar-refractivity contribution is 0.0695. The third-order valence-corrected chi connectivity index (χ3v) is 3.45. The first-order valence-corrected chi connectivity index (χ1v) is 7.63. The van der Waals surface area contributed by atoms with E-state index >= 15 is 0 Å². The summed E-state index contributed by atoms with van der Waals surface area (Å²) in [5, 5.41) is 12.4. The summed E-state index contributed by atoms with van der Waals surface area (Å²) in [6.07, 6.45) is 6.35. The Morgan fingerprint density at radius 2 is 1.85 bits per heavy atom. The summed E-state index contributed by atoms with van der Waals surface area (Å²) >= 11 is 0. The molecule has 0 aliphatic carbocycles. The number of hydrogen-bond acceptors (Lipinski definition) is 2. The molecule has 20 heavy (non-hydrogen) atoms. The van der Waals surface area contributed by atoms with E-state index in [0.717, 1.165) is 24.4 Å². The molecule has 1 aromatic carbocycles. The van der Waals surface area contributed by atoms with Gasteiger partial charge in [0.1, 0.15) is 0 Å². The Morgan fingerprint density at radius 3 is 2.55 bits per heavy atom. The van der Waals surface area contributed by atoms with E-state index in [4.69, 9.17) is 5.11 Å². The minimum absolute atomic E-state index is 0.400. The van der Waals surface area contributed by atoms with Crippen LogP contribution in [0.15, 0.2) is 24.3 Å². The molecular weight excluding hydrogens is 250 g/mol. The van der Waals surface area contributed by atoms with Crippen molar-refractivity contribution in [3.8, 4) is 0 Å². The van der Waals surface area contributed by atoms with Crippen molar-refractivity contribution in [2.45, 2.75) is 52.5 Å². The van der Waals surface area contributed by atoms with Crippen molar-refractivity contribution >= 4 is 5.97 Å². The van der Waals surface area contributed by atoms with Crippen molar-refractivity contribution in [1.82, 2.24) is 5.32 Å². The lowest BCUT2D eigenvalue weighted by Crippen LogP contribution is -2.17. The van der Waals surface area contributed by atoms with Crippen LogP contribution >= 0.6 is 0 Å². The van der Waals surface area contributed by atoms with Crippen molar-refractivity contribution in [3.63, 3.8) is 0 Å². The maximum Gasteiger partial charge on any atom is 0.336 e. The Balaban J connectivity index is 2.14. The summed E-state index contributed by atoms with van der Waals surface area (Å²) in [5.74, 6) is -0.0447. The highest BCUT2D eigenvalue weighted by Crippen LogP contribution is 2.10. The van der Waals surface area contributed by atoms with E-state index in [1.807, 2.05) is 12.1 Å². The first-order valence-electron chi connectivity index (χ1n) is 7.63. The summed E-state index contributed by atoms with van der Waals surface area (Å²) in [6, 6.07) is 7.18. The predicted molar refractivity (Wildman–Crippen MR) is 83.0 cm³/mol. The Bertz CT molecular complexity index is 402. The van der Waals surface area contributed by atoms with E-state index in [1.165, 1.54) is 25.7 Å².